The van der Waals surface area contributed by atoms with E-state index in [4.69, 9.17) is 3.48 Å². The van der Waals surface area contributed by atoms with Crippen molar-refractivity contribution >= 4 is 23.5 Å². The van der Waals surface area contributed by atoms with Crippen LogP contribution in [0.2, 0.25) is 23.2 Å². The highest BCUT2D eigenvalue weighted by atomic mass is 28.3. The topological polar surface area (TPSA) is 9.23 Å². The van der Waals surface area contributed by atoms with Crippen molar-refractivity contribution < 1.29 is 3.48 Å². The SMILES string of the molecule is C[CH2][Al]([CH2]C)[O][Si](C)CC. The van der Waals surface area contributed by atoms with Gasteiger partial charge in [0.15, 0.2) is 9.04 Å². The normalized spacial score (nSPS) is 10.5. The molecular formula is C7H18AlOSi. The molecule has 0 unspecified atom stereocenters. The van der Waals surface area contributed by atoms with Gasteiger partial charge in [0.25, 0.3) is 0 Å². The molecule has 0 aliphatic rings. The molecule has 0 aromatic rings. The summed E-state index contributed by atoms with van der Waals surface area (Å²) in [5.74, 6) is 0. The van der Waals surface area contributed by atoms with E-state index in [-0.39, 0.29) is 0 Å². The Kier molecular flexibility index (Phi) is 6.88. The summed E-state index contributed by atoms with van der Waals surface area (Å²) >= 11 is -0.722. The van der Waals surface area contributed by atoms with Gasteiger partial charge in [-0.2, -0.15) is 0 Å². The minimum absolute atomic E-state index is 0.390. The van der Waals surface area contributed by atoms with Crippen molar-refractivity contribution in [2.24, 2.45) is 0 Å². The zero-order valence-electron chi connectivity index (χ0n) is 7.61. The van der Waals surface area contributed by atoms with E-state index in [0.29, 0.717) is 0 Å². The van der Waals surface area contributed by atoms with Gasteiger partial charge in [0, 0.05) is 0 Å². The maximum Gasteiger partial charge on any atom is 0.449 e. The summed E-state index contributed by atoms with van der Waals surface area (Å²) in [7, 11) is -0.390. The summed E-state index contributed by atoms with van der Waals surface area (Å²) in [6.45, 7) is 9.01. The first-order chi connectivity index (χ1) is 4.74. The van der Waals surface area contributed by atoms with Gasteiger partial charge >= 0.3 is 14.5 Å². The maximum atomic E-state index is 5.94. The molecule has 0 aromatic carbocycles. The molecular weight excluding hydrogens is 155 g/mol. The molecule has 0 fully saturated rings. The standard InChI is InChI=1S/C3H8OSi.2C2H5.Al/c1-3-5(2)4;2*1-2;/h3H2,1-2H3;2*1H2,2H3;/q-1;;;+1. The molecule has 0 spiro atoms. The quantitative estimate of drug-likeness (QED) is 0.581. The van der Waals surface area contributed by atoms with E-state index in [1.54, 1.807) is 0 Å². The minimum atomic E-state index is -0.722. The molecule has 0 bridgehead atoms. The highest BCUT2D eigenvalue weighted by Gasteiger charge is 2.17. The fraction of sp³-hybridized carbons (Fsp3) is 1.00. The Morgan fingerprint density at radius 1 is 1.20 bits per heavy atom. The largest absolute Gasteiger partial charge is 0.546 e. The number of rotatable bonds is 5. The molecule has 0 saturated heterocycles. The van der Waals surface area contributed by atoms with Crippen LogP contribution in [0.3, 0.4) is 0 Å². The van der Waals surface area contributed by atoms with Crippen LogP contribution >= 0.6 is 0 Å². The molecule has 0 rings (SSSR count). The van der Waals surface area contributed by atoms with E-state index < -0.39 is 23.5 Å². The summed E-state index contributed by atoms with van der Waals surface area (Å²) in [5, 5.41) is 2.61. The monoisotopic (exact) mass is 173 g/mol. The third-order valence-electron chi connectivity index (χ3n) is 1.78. The van der Waals surface area contributed by atoms with Crippen LogP contribution in [-0.4, -0.2) is 23.5 Å². The predicted octanol–water partition coefficient (Wildman–Crippen LogP) is 2.68. The molecule has 0 aliphatic carbocycles. The summed E-state index contributed by atoms with van der Waals surface area (Å²) in [6.07, 6.45) is 0. The van der Waals surface area contributed by atoms with Crippen LogP contribution in [0.4, 0.5) is 0 Å². The molecule has 3 heteroatoms. The lowest BCUT2D eigenvalue weighted by Crippen LogP contribution is -2.24. The van der Waals surface area contributed by atoms with Gasteiger partial charge in [-0.3, -0.25) is 0 Å². The van der Waals surface area contributed by atoms with Crippen molar-refractivity contribution in [1.82, 2.24) is 0 Å². The lowest BCUT2D eigenvalue weighted by Gasteiger charge is -2.13. The van der Waals surface area contributed by atoms with Gasteiger partial charge in [0.1, 0.15) is 0 Å². The number of hydrogen-bond acceptors (Lipinski definition) is 1. The zero-order chi connectivity index (χ0) is 7.98. The molecule has 0 atom stereocenters. The van der Waals surface area contributed by atoms with Crippen LogP contribution in [0.1, 0.15) is 20.8 Å². The minimum Gasteiger partial charge on any atom is -0.546 e. The third-order valence-corrected chi connectivity index (χ3v) is 7.54. The Balaban J connectivity index is 3.41. The summed E-state index contributed by atoms with van der Waals surface area (Å²) in [5.41, 5.74) is 0. The Bertz CT molecular complexity index is 76.0. The molecule has 0 aromatic heterocycles. The van der Waals surface area contributed by atoms with Gasteiger partial charge in [-0.1, -0.05) is 31.3 Å². The van der Waals surface area contributed by atoms with E-state index in [1.807, 2.05) is 0 Å². The first-order valence-corrected chi connectivity index (χ1v) is 8.45. The Labute approximate surface area is 71.2 Å². The van der Waals surface area contributed by atoms with Crippen LogP contribution in [0.5, 0.6) is 0 Å². The zero-order valence-corrected chi connectivity index (χ0v) is 9.76. The van der Waals surface area contributed by atoms with E-state index in [2.05, 4.69) is 27.3 Å². The average molecular weight is 173 g/mol. The molecule has 1 nitrogen and oxygen atoms in total. The smallest absolute Gasteiger partial charge is 0.449 e. The van der Waals surface area contributed by atoms with Gasteiger partial charge in [0.05, 0.1) is 0 Å². The first-order valence-electron chi connectivity index (χ1n) is 4.23. The van der Waals surface area contributed by atoms with Gasteiger partial charge in [-0.15, -0.1) is 0 Å². The lowest BCUT2D eigenvalue weighted by atomic mass is 10.9. The molecule has 59 valence electrons. The van der Waals surface area contributed by atoms with Gasteiger partial charge in [0.2, 0.25) is 0 Å². The van der Waals surface area contributed by atoms with Gasteiger partial charge in [-0.25, -0.2) is 0 Å². The van der Waals surface area contributed by atoms with E-state index in [0.717, 1.165) is 0 Å². The fourth-order valence-corrected chi connectivity index (χ4v) is 5.68. The lowest BCUT2D eigenvalue weighted by molar-refractivity contribution is 0.584. The molecule has 1 radical (unpaired) electrons. The van der Waals surface area contributed by atoms with Crippen molar-refractivity contribution in [2.45, 2.75) is 43.9 Å². The first kappa shape index (κ1) is 10.7. The predicted molar refractivity (Wildman–Crippen MR) is 49.9 cm³/mol. The van der Waals surface area contributed by atoms with Crippen LogP contribution in [0, 0.1) is 0 Å². The summed E-state index contributed by atoms with van der Waals surface area (Å²) < 4.78 is 5.94. The van der Waals surface area contributed by atoms with Crippen LogP contribution < -0.4 is 0 Å². The second-order valence-electron chi connectivity index (χ2n) is 2.61. The van der Waals surface area contributed by atoms with Crippen LogP contribution in [-0.2, 0) is 3.48 Å². The highest BCUT2D eigenvalue weighted by molar-refractivity contribution is 6.65. The van der Waals surface area contributed by atoms with Gasteiger partial charge in [-0.05, 0) is 12.6 Å². The second kappa shape index (κ2) is 6.42. The molecule has 0 N–H and O–H groups in total. The van der Waals surface area contributed by atoms with E-state index >= 15 is 0 Å². The Morgan fingerprint density at radius 2 is 1.70 bits per heavy atom. The Hall–Kier alpha value is 0.709. The maximum absolute atomic E-state index is 5.94. The van der Waals surface area contributed by atoms with Crippen molar-refractivity contribution in [2.75, 3.05) is 0 Å². The fourth-order valence-electron chi connectivity index (χ4n) is 0.823. The van der Waals surface area contributed by atoms with Crippen molar-refractivity contribution in [3.05, 3.63) is 0 Å². The van der Waals surface area contributed by atoms with Crippen LogP contribution in [0.15, 0.2) is 0 Å². The third kappa shape index (κ3) is 4.51. The van der Waals surface area contributed by atoms with Crippen molar-refractivity contribution in [3.63, 3.8) is 0 Å². The molecule has 0 saturated carbocycles. The Morgan fingerprint density at radius 3 is 2.00 bits per heavy atom. The van der Waals surface area contributed by atoms with Gasteiger partial charge < -0.3 is 3.48 Å². The van der Waals surface area contributed by atoms with E-state index in [1.165, 1.54) is 16.6 Å². The summed E-state index contributed by atoms with van der Waals surface area (Å²) in [6, 6.07) is 1.26. The number of hydrogen-bond donors (Lipinski definition) is 0. The molecule has 0 heterocycles. The van der Waals surface area contributed by atoms with Crippen molar-refractivity contribution in [1.29, 1.82) is 0 Å². The van der Waals surface area contributed by atoms with Crippen molar-refractivity contribution in [3.8, 4) is 0 Å². The average Bonchev–Trinajstić information content (AvgIpc) is 1.99. The molecule has 0 amide bonds. The van der Waals surface area contributed by atoms with Crippen LogP contribution in [0.25, 0.3) is 0 Å². The molecule has 10 heavy (non-hydrogen) atoms. The van der Waals surface area contributed by atoms with E-state index in [9.17, 15) is 0 Å². The highest BCUT2D eigenvalue weighted by Crippen LogP contribution is 2.04. The second-order valence-corrected chi connectivity index (χ2v) is 8.54. The summed E-state index contributed by atoms with van der Waals surface area (Å²) in [4.78, 5) is 0. The molecule has 0 aliphatic heterocycles.